The van der Waals surface area contributed by atoms with Gasteiger partial charge in [-0.1, -0.05) is 276 Å². The standard InChI is InChI=1S/C58H114NO12P/c1-3-5-7-9-11-13-15-17-19-21-23-25-27-29-31-33-35-37-39-41-43-45-49(60)47-52(62)59-50(48-70-72(68,69)71-58-56(66)54(64)53(63)55(65)57(58)67)51(61)46-44-42-40-38-36-34-32-30-28-26-24-22-20-18-16-14-12-10-8-6-4-2/h44,46,49-51,53-58,60-61,63-67H,3-43,45,47-48H2,1-2H3,(H,59,62)(H,68,69)/b46-44+. The Morgan fingerprint density at radius 2 is 0.792 bits per heavy atom. The van der Waals surface area contributed by atoms with Crippen LogP contribution in [0.3, 0.4) is 0 Å². The van der Waals surface area contributed by atoms with Gasteiger partial charge < -0.3 is 46.0 Å². The lowest BCUT2D eigenvalue weighted by Crippen LogP contribution is -2.64. The van der Waals surface area contributed by atoms with Gasteiger partial charge in [0, 0.05) is 0 Å². The predicted molar refractivity (Wildman–Crippen MR) is 294 cm³/mol. The molecule has 1 aliphatic carbocycles. The van der Waals surface area contributed by atoms with Crippen LogP contribution in [0.15, 0.2) is 12.2 Å². The fourth-order valence-corrected chi connectivity index (χ4v) is 11.0. The second-order valence-corrected chi connectivity index (χ2v) is 23.2. The van der Waals surface area contributed by atoms with E-state index in [2.05, 4.69) is 19.2 Å². The van der Waals surface area contributed by atoms with Gasteiger partial charge in [-0.2, -0.15) is 0 Å². The number of carbonyl (C=O) groups is 1. The minimum absolute atomic E-state index is 0.239. The molecule has 8 atom stereocenters. The van der Waals surface area contributed by atoms with Crippen molar-refractivity contribution >= 4 is 13.7 Å². The van der Waals surface area contributed by atoms with Gasteiger partial charge in [0.05, 0.1) is 31.3 Å². The maximum atomic E-state index is 13.1. The quantitative estimate of drug-likeness (QED) is 0.0158. The molecule has 9 N–H and O–H groups in total. The van der Waals surface area contributed by atoms with E-state index in [0.29, 0.717) is 12.8 Å². The first-order valence-electron chi connectivity index (χ1n) is 30.2. The first kappa shape index (κ1) is 69.1. The van der Waals surface area contributed by atoms with Crippen molar-refractivity contribution in [3.8, 4) is 0 Å². The molecule has 0 aromatic heterocycles. The topological polar surface area (TPSA) is 226 Å². The number of nitrogens with one attached hydrogen (secondary N) is 1. The minimum Gasteiger partial charge on any atom is -0.393 e. The third-order valence-electron chi connectivity index (χ3n) is 14.9. The zero-order valence-electron chi connectivity index (χ0n) is 46.1. The Balaban J connectivity index is 2.38. The van der Waals surface area contributed by atoms with Crippen molar-refractivity contribution in [2.24, 2.45) is 0 Å². The Hall–Kier alpha value is -0.960. The molecule has 13 nitrogen and oxygen atoms in total. The van der Waals surface area contributed by atoms with Gasteiger partial charge in [-0.15, -0.1) is 0 Å². The summed E-state index contributed by atoms with van der Waals surface area (Å²) >= 11 is 0. The van der Waals surface area contributed by atoms with E-state index in [9.17, 15) is 50.0 Å². The SMILES string of the molecule is CCCCCCCCCCCCCCCCCCCCC/C=C/C(O)C(COP(=O)(O)OC1C(O)C(O)C(O)C(O)C1O)NC(=O)CC(O)CCCCCCCCCCCCCCCCCCCCCCC. The molecular weight excluding hydrogens is 934 g/mol. The van der Waals surface area contributed by atoms with E-state index in [1.165, 1.54) is 218 Å². The lowest BCUT2D eigenvalue weighted by molar-refractivity contribution is -0.220. The number of allylic oxidation sites excluding steroid dienone is 1. The van der Waals surface area contributed by atoms with E-state index < -0.39 is 75.2 Å². The van der Waals surface area contributed by atoms with Crippen LogP contribution in [0.1, 0.15) is 290 Å². The van der Waals surface area contributed by atoms with Crippen LogP contribution in [0.2, 0.25) is 0 Å². The van der Waals surface area contributed by atoms with Crippen LogP contribution in [0.25, 0.3) is 0 Å². The van der Waals surface area contributed by atoms with E-state index in [-0.39, 0.29) is 6.42 Å². The van der Waals surface area contributed by atoms with Gasteiger partial charge in [0.2, 0.25) is 5.91 Å². The lowest BCUT2D eigenvalue weighted by atomic mass is 9.85. The molecule has 428 valence electrons. The van der Waals surface area contributed by atoms with Gasteiger partial charge in [-0.3, -0.25) is 13.8 Å². The highest BCUT2D eigenvalue weighted by Gasteiger charge is 2.51. The molecule has 8 unspecified atom stereocenters. The van der Waals surface area contributed by atoms with Crippen molar-refractivity contribution in [2.75, 3.05) is 6.61 Å². The van der Waals surface area contributed by atoms with Crippen molar-refractivity contribution in [2.45, 2.75) is 345 Å². The fraction of sp³-hybridized carbons (Fsp3) is 0.948. The number of aliphatic hydroxyl groups excluding tert-OH is 7. The van der Waals surface area contributed by atoms with Crippen LogP contribution in [-0.4, -0.2) is 108 Å². The third-order valence-corrected chi connectivity index (χ3v) is 15.9. The second-order valence-electron chi connectivity index (χ2n) is 21.8. The van der Waals surface area contributed by atoms with Crippen LogP contribution < -0.4 is 5.32 Å². The maximum absolute atomic E-state index is 13.1. The van der Waals surface area contributed by atoms with Crippen molar-refractivity contribution < 1.29 is 59.0 Å². The van der Waals surface area contributed by atoms with Crippen LogP contribution in [0.4, 0.5) is 0 Å². The summed E-state index contributed by atoms with van der Waals surface area (Å²) in [6.07, 6.45) is 41.5. The van der Waals surface area contributed by atoms with E-state index in [1.54, 1.807) is 6.08 Å². The van der Waals surface area contributed by atoms with Crippen molar-refractivity contribution in [1.29, 1.82) is 0 Å². The number of phosphoric ester groups is 1. The summed E-state index contributed by atoms with van der Waals surface area (Å²) in [7, 11) is -5.15. The van der Waals surface area contributed by atoms with Crippen LogP contribution in [0.5, 0.6) is 0 Å². The molecule has 1 amide bonds. The smallest absolute Gasteiger partial charge is 0.393 e. The molecule has 0 aromatic carbocycles. The number of rotatable bonds is 52. The summed E-state index contributed by atoms with van der Waals surface area (Å²) in [5.41, 5.74) is 0. The number of aliphatic hydroxyl groups is 7. The van der Waals surface area contributed by atoms with Crippen LogP contribution in [0, 0.1) is 0 Å². The van der Waals surface area contributed by atoms with Crippen LogP contribution in [-0.2, 0) is 18.4 Å². The van der Waals surface area contributed by atoms with Crippen LogP contribution >= 0.6 is 7.82 Å². The summed E-state index contributed by atoms with van der Waals surface area (Å²) in [4.78, 5) is 23.6. The monoisotopic (exact) mass is 1050 g/mol. The van der Waals surface area contributed by atoms with E-state index in [0.717, 1.165) is 44.9 Å². The van der Waals surface area contributed by atoms with Gasteiger partial charge in [0.1, 0.15) is 36.6 Å². The number of phosphoric acid groups is 1. The molecule has 0 saturated heterocycles. The third kappa shape index (κ3) is 37.7. The molecule has 72 heavy (non-hydrogen) atoms. The Morgan fingerprint density at radius 3 is 1.14 bits per heavy atom. The van der Waals surface area contributed by atoms with Gasteiger partial charge in [0.15, 0.2) is 0 Å². The molecule has 1 saturated carbocycles. The van der Waals surface area contributed by atoms with E-state index >= 15 is 0 Å². The van der Waals surface area contributed by atoms with E-state index in [4.69, 9.17) is 9.05 Å². The largest absolute Gasteiger partial charge is 0.472 e. The first-order chi connectivity index (χ1) is 34.8. The number of amides is 1. The summed E-state index contributed by atoms with van der Waals surface area (Å²) in [5.74, 6) is -0.585. The average molecular weight is 1050 g/mol. The maximum Gasteiger partial charge on any atom is 0.472 e. The molecule has 0 aliphatic heterocycles. The minimum atomic E-state index is -5.15. The highest BCUT2D eigenvalue weighted by molar-refractivity contribution is 7.47. The second kappa shape index (κ2) is 47.3. The average Bonchev–Trinajstić information content (AvgIpc) is 3.36. The molecule has 0 spiro atoms. The molecule has 0 heterocycles. The van der Waals surface area contributed by atoms with Crippen molar-refractivity contribution in [3.63, 3.8) is 0 Å². The predicted octanol–water partition coefficient (Wildman–Crippen LogP) is 12.9. The fourth-order valence-electron chi connectivity index (χ4n) is 10.0. The molecule has 0 radical (unpaired) electrons. The number of carbonyl (C=O) groups excluding carboxylic acids is 1. The van der Waals surface area contributed by atoms with Gasteiger partial charge >= 0.3 is 7.82 Å². The molecule has 0 aromatic rings. The normalized spacial score (nSPS) is 21.5. The van der Waals surface area contributed by atoms with Crippen molar-refractivity contribution in [3.05, 3.63) is 12.2 Å². The Bertz CT molecular complexity index is 1280. The summed E-state index contributed by atoms with van der Waals surface area (Å²) in [5, 5.41) is 75.0. The van der Waals surface area contributed by atoms with Gasteiger partial charge in [-0.25, -0.2) is 4.57 Å². The summed E-state index contributed by atoms with van der Waals surface area (Å²) < 4.78 is 23.0. The number of hydrogen-bond donors (Lipinski definition) is 9. The molecule has 1 fully saturated rings. The number of unbranched alkanes of at least 4 members (excludes halogenated alkanes) is 39. The highest BCUT2D eigenvalue weighted by Crippen LogP contribution is 2.47. The molecule has 1 aliphatic rings. The summed E-state index contributed by atoms with van der Waals surface area (Å²) in [6.45, 7) is 3.81. The Kier molecular flexibility index (Phi) is 45.3. The molecule has 0 bridgehead atoms. The van der Waals surface area contributed by atoms with E-state index in [1.807, 2.05) is 0 Å². The summed E-state index contributed by atoms with van der Waals surface area (Å²) in [6, 6.07) is -1.24. The van der Waals surface area contributed by atoms with Gasteiger partial charge in [-0.05, 0) is 19.3 Å². The first-order valence-corrected chi connectivity index (χ1v) is 31.7. The molecular formula is C58H114NO12P. The van der Waals surface area contributed by atoms with Gasteiger partial charge in [0.25, 0.3) is 0 Å². The highest BCUT2D eigenvalue weighted by atomic mass is 31.2. The number of hydrogen-bond acceptors (Lipinski definition) is 11. The zero-order valence-corrected chi connectivity index (χ0v) is 47.0. The van der Waals surface area contributed by atoms with Crippen molar-refractivity contribution in [1.82, 2.24) is 5.32 Å². The lowest BCUT2D eigenvalue weighted by Gasteiger charge is -2.41. The Labute approximate surface area is 440 Å². The zero-order chi connectivity index (χ0) is 52.9. The Morgan fingerprint density at radius 1 is 0.486 bits per heavy atom. The molecule has 14 heteroatoms. The molecule has 1 rings (SSSR count).